The zero-order chi connectivity index (χ0) is 12.3. The second-order valence-electron chi connectivity index (χ2n) is 4.58. The maximum absolute atomic E-state index is 11.4. The molecule has 0 aliphatic carbocycles. The summed E-state index contributed by atoms with van der Waals surface area (Å²) < 4.78 is 16.5. The van der Waals surface area contributed by atoms with Gasteiger partial charge in [-0.05, 0) is 23.8 Å². The molecule has 4 nitrogen and oxygen atoms in total. The third-order valence-corrected chi connectivity index (χ3v) is 3.49. The van der Waals surface area contributed by atoms with Gasteiger partial charge in [-0.1, -0.05) is 6.58 Å². The van der Waals surface area contributed by atoms with Crippen LogP contribution >= 0.6 is 0 Å². The third kappa shape index (κ3) is 1.15. The fourth-order valence-corrected chi connectivity index (χ4v) is 2.67. The van der Waals surface area contributed by atoms with Crippen molar-refractivity contribution in [2.75, 3.05) is 6.61 Å². The van der Waals surface area contributed by atoms with Crippen LogP contribution in [0.5, 0.6) is 5.75 Å². The van der Waals surface area contributed by atoms with Crippen LogP contribution in [0.3, 0.4) is 0 Å². The standard InChI is InChI=1S/C14H10O4/c1-7-6-16-14-11(7)12-9(17-14)4-2-8-3-5-10(15)18-13(8)12/h2-5,11,14H,1,6H2. The van der Waals surface area contributed by atoms with E-state index in [9.17, 15) is 4.79 Å². The zero-order valence-corrected chi connectivity index (χ0v) is 9.51. The first-order valence-corrected chi connectivity index (χ1v) is 5.77. The Balaban J connectivity index is 2.08. The van der Waals surface area contributed by atoms with Crippen molar-refractivity contribution in [3.8, 4) is 5.75 Å². The maximum atomic E-state index is 11.4. The highest BCUT2D eigenvalue weighted by molar-refractivity contribution is 5.84. The van der Waals surface area contributed by atoms with E-state index in [1.165, 1.54) is 6.07 Å². The van der Waals surface area contributed by atoms with Crippen LogP contribution in [0.15, 0.2) is 45.6 Å². The van der Waals surface area contributed by atoms with E-state index in [2.05, 4.69) is 6.58 Å². The van der Waals surface area contributed by atoms with Crippen molar-refractivity contribution in [3.05, 3.63) is 52.4 Å². The molecule has 1 aromatic carbocycles. The van der Waals surface area contributed by atoms with Crippen LogP contribution in [0.2, 0.25) is 0 Å². The van der Waals surface area contributed by atoms with Gasteiger partial charge in [-0.25, -0.2) is 4.79 Å². The monoisotopic (exact) mass is 242 g/mol. The summed E-state index contributed by atoms with van der Waals surface area (Å²) in [5, 5.41) is 0.886. The van der Waals surface area contributed by atoms with E-state index in [-0.39, 0.29) is 17.8 Å². The molecule has 0 spiro atoms. The Morgan fingerprint density at radius 2 is 2.06 bits per heavy atom. The molecule has 2 atom stereocenters. The molecule has 0 saturated carbocycles. The fraction of sp³-hybridized carbons (Fsp3) is 0.214. The Labute approximate surface area is 102 Å². The molecule has 0 bridgehead atoms. The van der Waals surface area contributed by atoms with Gasteiger partial charge in [0.15, 0.2) is 0 Å². The van der Waals surface area contributed by atoms with Crippen molar-refractivity contribution in [2.24, 2.45) is 0 Å². The minimum Gasteiger partial charge on any atom is -0.463 e. The highest BCUT2D eigenvalue weighted by atomic mass is 16.7. The van der Waals surface area contributed by atoms with Crippen LogP contribution in [0, 0.1) is 0 Å². The Morgan fingerprint density at radius 1 is 1.22 bits per heavy atom. The minimum atomic E-state index is -0.358. The normalized spacial score (nSPS) is 25.0. The van der Waals surface area contributed by atoms with Gasteiger partial charge in [0.1, 0.15) is 11.3 Å². The molecule has 3 heterocycles. The van der Waals surface area contributed by atoms with E-state index in [0.717, 1.165) is 16.5 Å². The van der Waals surface area contributed by atoms with Gasteiger partial charge in [-0.15, -0.1) is 0 Å². The highest BCUT2D eigenvalue weighted by Gasteiger charge is 2.43. The summed E-state index contributed by atoms with van der Waals surface area (Å²) in [5.41, 5.74) is 2.07. The van der Waals surface area contributed by atoms with E-state index in [1.807, 2.05) is 12.1 Å². The molecule has 0 N–H and O–H groups in total. The largest absolute Gasteiger partial charge is 0.463 e. The summed E-state index contributed by atoms with van der Waals surface area (Å²) >= 11 is 0. The van der Waals surface area contributed by atoms with Crippen LogP contribution < -0.4 is 10.4 Å². The Hall–Kier alpha value is -2.07. The molecule has 18 heavy (non-hydrogen) atoms. The second-order valence-corrected chi connectivity index (χ2v) is 4.58. The summed E-state index contributed by atoms with van der Waals surface area (Å²) in [5.74, 6) is 0.682. The minimum absolute atomic E-state index is 0.0331. The van der Waals surface area contributed by atoms with Gasteiger partial charge in [0.05, 0.1) is 18.1 Å². The molecular formula is C14H10O4. The van der Waals surface area contributed by atoms with Gasteiger partial charge in [-0.2, -0.15) is 0 Å². The number of hydrogen-bond acceptors (Lipinski definition) is 4. The molecule has 0 amide bonds. The molecule has 1 saturated heterocycles. The van der Waals surface area contributed by atoms with Crippen LogP contribution in [0.25, 0.3) is 11.0 Å². The van der Waals surface area contributed by atoms with E-state index in [4.69, 9.17) is 13.9 Å². The smallest absolute Gasteiger partial charge is 0.336 e. The molecule has 1 fully saturated rings. The van der Waals surface area contributed by atoms with Crippen molar-refractivity contribution >= 4 is 11.0 Å². The van der Waals surface area contributed by atoms with E-state index in [1.54, 1.807) is 6.07 Å². The summed E-state index contributed by atoms with van der Waals surface area (Å²) in [4.78, 5) is 11.4. The number of ether oxygens (including phenoxy) is 2. The fourth-order valence-electron chi connectivity index (χ4n) is 2.67. The van der Waals surface area contributed by atoms with Gasteiger partial charge < -0.3 is 13.9 Å². The van der Waals surface area contributed by atoms with Gasteiger partial charge in [0, 0.05) is 11.5 Å². The molecule has 0 radical (unpaired) electrons. The van der Waals surface area contributed by atoms with Crippen molar-refractivity contribution in [1.82, 2.24) is 0 Å². The summed E-state index contributed by atoms with van der Waals surface area (Å²) in [6, 6.07) is 6.93. The second kappa shape index (κ2) is 3.23. The lowest BCUT2D eigenvalue weighted by molar-refractivity contribution is -0.0334. The maximum Gasteiger partial charge on any atom is 0.336 e. The van der Waals surface area contributed by atoms with Crippen LogP contribution in [-0.2, 0) is 4.74 Å². The lowest BCUT2D eigenvalue weighted by Gasteiger charge is -2.07. The molecule has 1 aromatic heterocycles. The molecular weight excluding hydrogens is 232 g/mol. The molecule has 2 aliphatic heterocycles. The van der Waals surface area contributed by atoms with Gasteiger partial charge in [0.2, 0.25) is 6.29 Å². The van der Waals surface area contributed by atoms with E-state index < -0.39 is 0 Å². The predicted octanol–water partition coefficient (Wildman–Crippen LogP) is 2.18. The Morgan fingerprint density at radius 3 is 2.94 bits per heavy atom. The summed E-state index contributed by atoms with van der Waals surface area (Å²) in [6.45, 7) is 4.49. The molecule has 90 valence electrons. The van der Waals surface area contributed by atoms with Gasteiger partial charge >= 0.3 is 5.63 Å². The number of benzene rings is 1. The van der Waals surface area contributed by atoms with E-state index in [0.29, 0.717) is 17.9 Å². The quantitative estimate of drug-likeness (QED) is 0.525. The van der Waals surface area contributed by atoms with Crippen LogP contribution in [-0.4, -0.2) is 12.9 Å². The number of fused-ring (bicyclic) bond motifs is 5. The first kappa shape index (κ1) is 9.91. The number of hydrogen-bond donors (Lipinski definition) is 0. The summed E-state index contributed by atoms with van der Waals surface area (Å²) in [6.07, 6.45) is -0.330. The van der Waals surface area contributed by atoms with Gasteiger partial charge in [0.25, 0.3) is 0 Å². The van der Waals surface area contributed by atoms with Crippen molar-refractivity contribution in [1.29, 1.82) is 0 Å². The first-order chi connectivity index (χ1) is 8.74. The van der Waals surface area contributed by atoms with Crippen molar-refractivity contribution in [2.45, 2.75) is 12.2 Å². The lowest BCUT2D eigenvalue weighted by atomic mass is 9.93. The molecule has 4 rings (SSSR count). The highest BCUT2D eigenvalue weighted by Crippen LogP contribution is 2.48. The number of rotatable bonds is 0. The van der Waals surface area contributed by atoms with Gasteiger partial charge in [-0.3, -0.25) is 0 Å². The van der Waals surface area contributed by atoms with Crippen LogP contribution in [0.4, 0.5) is 0 Å². The van der Waals surface area contributed by atoms with E-state index >= 15 is 0 Å². The summed E-state index contributed by atoms with van der Waals surface area (Å²) in [7, 11) is 0. The first-order valence-electron chi connectivity index (χ1n) is 5.77. The molecule has 2 aliphatic rings. The molecule has 2 unspecified atom stereocenters. The van der Waals surface area contributed by atoms with Crippen LogP contribution in [0.1, 0.15) is 11.5 Å². The molecule has 2 aromatic rings. The topological polar surface area (TPSA) is 48.7 Å². The SMILES string of the molecule is C=C1COC2Oc3ccc4ccc(=O)oc4c3C12. The average molecular weight is 242 g/mol. The third-order valence-electron chi connectivity index (χ3n) is 3.49. The zero-order valence-electron chi connectivity index (χ0n) is 9.51. The van der Waals surface area contributed by atoms with Crippen molar-refractivity contribution < 1.29 is 13.9 Å². The average Bonchev–Trinajstić information content (AvgIpc) is 2.89. The van der Waals surface area contributed by atoms with Crippen molar-refractivity contribution in [3.63, 3.8) is 0 Å². The Bertz CT molecular complexity index is 728. The molecule has 4 heteroatoms. The predicted molar refractivity (Wildman–Crippen MR) is 64.7 cm³/mol. The lowest BCUT2D eigenvalue weighted by Crippen LogP contribution is -2.14. The Kier molecular flexibility index (Phi) is 1.78.